The Bertz CT molecular complexity index is 1800. The maximum absolute atomic E-state index is 14.2. The Morgan fingerprint density at radius 1 is 0.935 bits per heavy atom. The van der Waals surface area contributed by atoms with E-state index in [-0.39, 0.29) is 19.3 Å². The lowest BCUT2D eigenvalue weighted by molar-refractivity contribution is -0.135. The van der Waals surface area contributed by atoms with E-state index in [1.54, 1.807) is 55.5 Å². The molecule has 3 atom stereocenters. The van der Waals surface area contributed by atoms with Crippen molar-refractivity contribution >= 4 is 41.5 Å². The summed E-state index contributed by atoms with van der Waals surface area (Å²) in [6.07, 6.45) is 2.11. The highest BCUT2D eigenvalue weighted by molar-refractivity contribution is 7.52. The van der Waals surface area contributed by atoms with Gasteiger partial charge in [0, 0.05) is 18.0 Å². The van der Waals surface area contributed by atoms with Crippen molar-refractivity contribution in [3.63, 3.8) is 0 Å². The Morgan fingerprint density at radius 2 is 1.61 bits per heavy atom. The fourth-order valence-electron chi connectivity index (χ4n) is 5.30. The van der Waals surface area contributed by atoms with Crippen LogP contribution in [-0.2, 0) is 25.2 Å². The maximum atomic E-state index is 14.2. The van der Waals surface area contributed by atoms with Crippen LogP contribution < -0.4 is 20.1 Å². The average molecular weight is 646 g/mol. The predicted molar refractivity (Wildman–Crippen MR) is 179 cm³/mol. The number of aromatic nitrogens is 3. The van der Waals surface area contributed by atoms with Crippen molar-refractivity contribution in [2.45, 2.75) is 58.7 Å². The van der Waals surface area contributed by atoms with Gasteiger partial charge in [-0.25, -0.2) is 19.3 Å². The number of carbonyl (C=O) groups excluding carboxylic acids is 1. The number of hydrogen-bond acceptors (Lipinski definition) is 9. The lowest BCUT2D eigenvalue weighted by Gasteiger charge is -2.25. The summed E-state index contributed by atoms with van der Waals surface area (Å²) in [5, 5.41) is 3.70. The van der Waals surface area contributed by atoms with Gasteiger partial charge in [0.1, 0.15) is 35.5 Å². The van der Waals surface area contributed by atoms with Gasteiger partial charge in [0.05, 0.1) is 17.6 Å². The minimum Gasteiger partial charge on any atom is -0.425 e. The van der Waals surface area contributed by atoms with Crippen molar-refractivity contribution in [3.8, 4) is 11.5 Å². The number of carbonyl (C=O) groups is 1. The number of nitrogens with zero attached hydrogens (tertiary/aromatic N) is 3. The summed E-state index contributed by atoms with van der Waals surface area (Å²) in [4.78, 5) is 22.4. The molecule has 0 aliphatic carbocycles. The Hall–Kier alpha value is -4.28. The highest BCUT2D eigenvalue weighted by Crippen LogP contribution is 2.45. The lowest BCUT2D eigenvalue weighted by Crippen LogP contribution is -2.36. The van der Waals surface area contributed by atoms with Gasteiger partial charge in [-0.1, -0.05) is 67.9 Å². The van der Waals surface area contributed by atoms with Crippen molar-refractivity contribution in [2.75, 3.05) is 18.9 Å². The summed E-state index contributed by atoms with van der Waals surface area (Å²) in [6, 6.07) is 24.1. The Kier molecular flexibility index (Phi) is 11.0. The molecule has 242 valence electrons. The zero-order chi connectivity index (χ0) is 32.5. The molecule has 0 unspecified atom stereocenters. The van der Waals surface area contributed by atoms with Crippen LogP contribution in [0.1, 0.15) is 51.9 Å². The van der Waals surface area contributed by atoms with Crippen molar-refractivity contribution in [1.82, 2.24) is 19.6 Å². The highest BCUT2D eigenvalue weighted by Gasteiger charge is 2.33. The molecule has 0 aliphatic rings. The molecule has 0 amide bonds. The van der Waals surface area contributed by atoms with E-state index >= 15 is 0 Å². The fourth-order valence-corrected chi connectivity index (χ4v) is 6.80. The number of pyridine rings is 1. The second-order valence-corrected chi connectivity index (χ2v) is 12.5. The van der Waals surface area contributed by atoms with Crippen LogP contribution in [0.5, 0.6) is 11.5 Å². The number of nitrogen functional groups attached to an aromatic ring is 1. The number of benzene rings is 3. The normalized spacial score (nSPS) is 14.2. The smallest absolute Gasteiger partial charge is 0.425 e. The van der Waals surface area contributed by atoms with E-state index in [0.29, 0.717) is 35.9 Å². The fraction of sp³-hybridized carbons (Fsp3) is 0.324. The Morgan fingerprint density at radius 3 is 2.30 bits per heavy atom. The van der Waals surface area contributed by atoms with Crippen molar-refractivity contribution in [1.29, 1.82) is 0 Å². The maximum Gasteiger partial charge on any atom is 0.459 e. The van der Waals surface area contributed by atoms with E-state index in [9.17, 15) is 9.36 Å². The van der Waals surface area contributed by atoms with E-state index in [4.69, 9.17) is 29.2 Å². The summed E-state index contributed by atoms with van der Waals surface area (Å²) in [6.45, 7) is 6.46. The van der Waals surface area contributed by atoms with Crippen molar-refractivity contribution in [2.24, 2.45) is 0 Å². The number of nitrogens with one attached hydrogen (secondary N) is 1. The molecule has 3 aromatic carbocycles. The molecule has 0 saturated carbocycles. The monoisotopic (exact) mass is 645 g/mol. The van der Waals surface area contributed by atoms with E-state index in [1.165, 1.54) is 0 Å². The van der Waals surface area contributed by atoms with Gasteiger partial charge in [-0.2, -0.15) is 5.09 Å². The molecule has 0 spiro atoms. The molecule has 0 bridgehead atoms. The number of ether oxygens (including phenoxy) is 2. The molecule has 3 N–H and O–H groups in total. The molecule has 0 saturated heterocycles. The quantitative estimate of drug-likeness (QED) is 0.0642. The summed E-state index contributed by atoms with van der Waals surface area (Å²) in [5.41, 5.74) is 8.66. The zero-order valence-corrected chi connectivity index (χ0v) is 27.2. The number of imidazole rings is 1. The van der Waals surface area contributed by atoms with Gasteiger partial charge in [-0.15, -0.1) is 0 Å². The first-order chi connectivity index (χ1) is 22.3. The second-order valence-electron chi connectivity index (χ2n) is 10.8. The predicted octanol–water partition coefficient (Wildman–Crippen LogP) is 7.22. The lowest BCUT2D eigenvalue weighted by atomic mass is 10.1. The number of rotatable bonds is 16. The van der Waals surface area contributed by atoms with Gasteiger partial charge in [0.25, 0.3) is 0 Å². The molecular formula is C34H40N5O6P. The number of hydrogen-bond donors (Lipinski definition) is 2. The zero-order valence-electron chi connectivity index (χ0n) is 26.3. The van der Waals surface area contributed by atoms with Crippen LogP contribution in [0.2, 0.25) is 0 Å². The van der Waals surface area contributed by atoms with Crippen LogP contribution in [0.4, 0.5) is 5.82 Å². The van der Waals surface area contributed by atoms with Crippen LogP contribution in [-0.4, -0.2) is 39.8 Å². The van der Waals surface area contributed by atoms with Gasteiger partial charge in [0.15, 0.2) is 5.82 Å². The van der Waals surface area contributed by atoms with E-state index < -0.39 is 19.8 Å². The van der Waals surface area contributed by atoms with E-state index in [0.717, 1.165) is 35.1 Å². The molecule has 2 aromatic heterocycles. The first kappa shape index (κ1) is 33.1. The number of anilines is 1. The molecule has 0 fully saturated rings. The number of fused-ring (bicyclic) bond motifs is 3. The Balaban J connectivity index is 1.42. The van der Waals surface area contributed by atoms with Gasteiger partial charge in [0.2, 0.25) is 0 Å². The SMILES string of the molecule is CCC[C@@H](CCO[P@](=O)(N[C@@H](C)C(=O)Oc1ccccc1)Oc1ccccc1)n1c(COCC)nc2c(N)nc3ccccc3c21. The molecule has 12 heteroatoms. The third-order valence-corrected chi connectivity index (χ3v) is 9.07. The van der Waals surface area contributed by atoms with Crippen LogP contribution in [0.3, 0.4) is 0 Å². The first-order valence-electron chi connectivity index (χ1n) is 15.5. The van der Waals surface area contributed by atoms with Crippen LogP contribution in [0.15, 0.2) is 84.9 Å². The molecule has 46 heavy (non-hydrogen) atoms. The van der Waals surface area contributed by atoms with Crippen LogP contribution >= 0.6 is 7.75 Å². The Labute approximate surface area is 268 Å². The molecule has 0 radical (unpaired) electrons. The minimum atomic E-state index is -4.06. The highest BCUT2D eigenvalue weighted by atomic mass is 31.2. The van der Waals surface area contributed by atoms with Crippen LogP contribution in [0.25, 0.3) is 21.9 Å². The van der Waals surface area contributed by atoms with Crippen molar-refractivity contribution in [3.05, 3.63) is 90.8 Å². The van der Waals surface area contributed by atoms with Gasteiger partial charge in [-0.3, -0.25) is 4.52 Å². The molecule has 0 aliphatic heterocycles. The first-order valence-corrected chi connectivity index (χ1v) is 17.0. The molecule has 5 aromatic rings. The molecule has 5 rings (SSSR count). The molecule has 11 nitrogen and oxygen atoms in total. The number of para-hydroxylation sites is 3. The number of nitrogens with two attached hydrogens (primary N) is 1. The van der Waals surface area contributed by atoms with Gasteiger partial charge < -0.3 is 24.3 Å². The largest absolute Gasteiger partial charge is 0.459 e. The molecule has 2 heterocycles. The third-order valence-electron chi connectivity index (χ3n) is 7.40. The van der Waals surface area contributed by atoms with Crippen molar-refractivity contribution < 1.29 is 27.9 Å². The molecular weight excluding hydrogens is 605 g/mol. The van der Waals surface area contributed by atoms with Gasteiger partial charge in [-0.05, 0) is 57.0 Å². The van der Waals surface area contributed by atoms with Crippen LogP contribution in [0, 0.1) is 0 Å². The number of esters is 1. The minimum absolute atomic E-state index is 0.0501. The summed E-state index contributed by atoms with van der Waals surface area (Å²) >= 11 is 0. The third kappa shape index (κ3) is 7.92. The average Bonchev–Trinajstić information content (AvgIpc) is 3.44. The summed E-state index contributed by atoms with van der Waals surface area (Å²) in [7, 11) is -4.06. The summed E-state index contributed by atoms with van der Waals surface area (Å²) < 4.78 is 39.5. The van der Waals surface area contributed by atoms with Gasteiger partial charge >= 0.3 is 13.7 Å². The topological polar surface area (TPSA) is 140 Å². The second kappa shape index (κ2) is 15.3. The standard InChI is InChI=1S/C34H40N5O6P/c1-4-14-25(39-30(23-42-5-2)37-31-32(39)28-19-12-13-20-29(28)36-33(31)35)21-22-43-46(41,45-27-17-10-7-11-18-27)38-24(3)34(40)44-26-15-8-6-9-16-26/h6-13,15-20,24-25H,4-5,14,21-23H2,1-3H3,(H2,35,36)(H,38,41)/t24-,25-,46+/m0/s1. The van der Waals surface area contributed by atoms with E-state index in [1.807, 2.05) is 43.3 Å². The summed E-state index contributed by atoms with van der Waals surface area (Å²) in [5.74, 6) is 1.15. The van der Waals surface area contributed by atoms with E-state index in [2.05, 4.69) is 21.6 Å².